The van der Waals surface area contributed by atoms with Gasteiger partial charge in [0.2, 0.25) is 5.82 Å². The molecule has 12 heteroatoms. The van der Waals surface area contributed by atoms with Crippen molar-refractivity contribution in [2.75, 3.05) is 31.7 Å². The van der Waals surface area contributed by atoms with Crippen LogP contribution in [0.25, 0.3) is 0 Å². The minimum Gasteiger partial charge on any atom is -0.373 e. The Hall–Kier alpha value is -1.76. The molecule has 0 aliphatic carbocycles. The second-order valence-corrected chi connectivity index (χ2v) is 9.74. The van der Waals surface area contributed by atoms with E-state index in [4.69, 9.17) is 13.3 Å². The highest BCUT2D eigenvalue weighted by Gasteiger charge is 2.40. The van der Waals surface area contributed by atoms with E-state index in [0.717, 1.165) is 19.3 Å². The predicted octanol–water partition coefficient (Wildman–Crippen LogP) is 5.50. The highest BCUT2D eigenvalue weighted by molar-refractivity contribution is 6.60. The molecule has 0 aromatic heterocycles. The van der Waals surface area contributed by atoms with E-state index in [1.807, 2.05) is 20.8 Å². The van der Waals surface area contributed by atoms with Gasteiger partial charge in [0.1, 0.15) is 5.69 Å². The number of hydrogen-bond donors (Lipinski definition) is 2. The van der Waals surface area contributed by atoms with E-state index in [1.165, 1.54) is 0 Å². The second-order valence-electron chi connectivity index (χ2n) is 7.01. The summed E-state index contributed by atoms with van der Waals surface area (Å²) in [6.07, 6.45) is 3.45. The van der Waals surface area contributed by atoms with Crippen molar-refractivity contribution in [2.45, 2.75) is 58.9 Å². The highest BCUT2D eigenvalue weighted by Crippen LogP contribution is 2.27. The molecule has 0 aliphatic heterocycles. The number of rotatable bonds is 15. The molecule has 1 rings (SSSR count). The number of anilines is 1. The summed E-state index contributed by atoms with van der Waals surface area (Å²) < 4.78 is 84.7. The quantitative estimate of drug-likeness (QED) is 0.113. The van der Waals surface area contributed by atoms with Crippen LogP contribution < -0.4 is 10.6 Å². The molecule has 0 heterocycles. The van der Waals surface area contributed by atoms with Crippen molar-refractivity contribution in [1.29, 1.82) is 0 Å². The summed E-state index contributed by atoms with van der Waals surface area (Å²) in [4.78, 5) is 11.8. The second kappa shape index (κ2) is 14.4. The van der Waals surface area contributed by atoms with Gasteiger partial charge in [-0.05, 0) is 32.1 Å². The van der Waals surface area contributed by atoms with Gasteiger partial charge in [-0.15, -0.1) is 0 Å². The average Bonchev–Trinajstić information content (AvgIpc) is 2.79. The van der Waals surface area contributed by atoms with E-state index in [-0.39, 0.29) is 6.54 Å². The van der Waals surface area contributed by atoms with Gasteiger partial charge in [0.15, 0.2) is 23.3 Å². The maximum Gasteiger partial charge on any atom is 0.500 e. The van der Waals surface area contributed by atoms with Crippen LogP contribution in [0.2, 0.25) is 6.04 Å². The maximum atomic E-state index is 13.6. The summed E-state index contributed by atoms with van der Waals surface area (Å²) >= 11 is 0. The zero-order valence-corrected chi connectivity index (χ0v) is 19.6. The molecule has 2 N–H and O–H groups in total. The largest absolute Gasteiger partial charge is 0.500 e. The lowest BCUT2D eigenvalue weighted by Crippen LogP contribution is -2.46. The van der Waals surface area contributed by atoms with Crippen LogP contribution in [-0.2, 0) is 13.3 Å². The molecule has 0 aliphatic rings. The zero-order chi connectivity index (χ0) is 24.1. The zero-order valence-electron chi connectivity index (χ0n) is 18.6. The van der Waals surface area contributed by atoms with Crippen LogP contribution in [0, 0.1) is 29.1 Å². The molecule has 0 saturated heterocycles. The fourth-order valence-corrected chi connectivity index (χ4v) is 5.57. The first-order valence-electron chi connectivity index (χ1n) is 10.7. The van der Waals surface area contributed by atoms with Gasteiger partial charge < -0.3 is 23.9 Å². The predicted molar refractivity (Wildman–Crippen MR) is 112 cm³/mol. The Kier molecular flexibility index (Phi) is 12.7. The lowest BCUT2D eigenvalue weighted by molar-refractivity contribution is 0.0587. The van der Waals surface area contributed by atoms with E-state index in [1.54, 1.807) is 5.32 Å². The SMILES string of the molecule is CCCO[Si](CCCCNC(=O)Nc1c(F)c(F)c(F)c(F)c1F)(OCCC)OCCC. The number of benzene rings is 1. The van der Waals surface area contributed by atoms with Gasteiger partial charge >= 0.3 is 14.8 Å². The third-order valence-electron chi connectivity index (χ3n) is 4.22. The molecular weight excluding hydrogens is 455 g/mol. The Morgan fingerprint density at radius 3 is 1.62 bits per heavy atom. The molecule has 0 atom stereocenters. The number of amides is 2. The molecule has 0 unspecified atom stereocenters. The molecule has 1 aromatic rings. The molecule has 0 fully saturated rings. The van der Waals surface area contributed by atoms with Crippen LogP contribution in [-0.4, -0.2) is 41.2 Å². The van der Waals surface area contributed by atoms with E-state index >= 15 is 0 Å². The fourth-order valence-electron chi connectivity index (χ4n) is 2.65. The molecule has 184 valence electrons. The number of unbranched alkanes of at least 4 members (excludes halogenated alkanes) is 1. The smallest absolute Gasteiger partial charge is 0.373 e. The van der Waals surface area contributed by atoms with Crippen molar-refractivity contribution < 1.29 is 40.0 Å². The number of hydrogen-bond acceptors (Lipinski definition) is 4. The lowest BCUT2D eigenvalue weighted by atomic mass is 10.2. The third kappa shape index (κ3) is 8.30. The van der Waals surface area contributed by atoms with Gasteiger partial charge in [0, 0.05) is 32.4 Å². The Bertz CT molecular complexity index is 692. The summed E-state index contributed by atoms with van der Waals surface area (Å²) in [5, 5.41) is 3.99. The van der Waals surface area contributed by atoms with Crippen LogP contribution in [0.1, 0.15) is 52.9 Å². The standard InChI is InChI=1S/C20H31F5N2O4Si/c1-4-10-29-32(30-11-5-2,31-12-6-3)13-8-7-9-26-20(28)27-19-17(24)15(22)14(21)16(23)18(19)25/h4-13H2,1-3H3,(H2,26,27,28). The molecule has 0 saturated carbocycles. The summed E-state index contributed by atoms with van der Waals surface area (Å²) in [6, 6.07) is -0.572. The first kappa shape index (κ1) is 28.3. The van der Waals surface area contributed by atoms with Crippen molar-refractivity contribution >= 4 is 20.5 Å². The molecule has 2 amide bonds. The minimum absolute atomic E-state index is 0.0983. The number of nitrogens with one attached hydrogen (secondary N) is 2. The number of halogens is 5. The average molecular weight is 487 g/mol. The van der Waals surface area contributed by atoms with Gasteiger partial charge in [0.25, 0.3) is 0 Å². The van der Waals surface area contributed by atoms with E-state index < -0.39 is 49.6 Å². The van der Waals surface area contributed by atoms with Crippen LogP contribution >= 0.6 is 0 Å². The van der Waals surface area contributed by atoms with Crippen molar-refractivity contribution in [2.24, 2.45) is 0 Å². The molecule has 1 aromatic carbocycles. The van der Waals surface area contributed by atoms with Crippen molar-refractivity contribution in [3.63, 3.8) is 0 Å². The van der Waals surface area contributed by atoms with Crippen molar-refractivity contribution in [3.05, 3.63) is 29.1 Å². The topological polar surface area (TPSA) is 68.8 Å². The summed E-state index contributed by atoms with van der Waals surface area (Å²) in [6.45, 7) is 7.54. The first-order chi connectivity index (χ1) is 15.2. The lowest BCUT2D eigenvalue weighted by Gasteiger charge is -2.29. The van der Waals surface area contributed by atoms with Crippen LogP contribution in [0.4, 0.5) is 32.4 Å². The van der Waals surface area contributed by atoms with Gasteiger partial charge in [-0.3, -0.25) is 0 Å². The summed E-state index contributed by atoms with van der Waals surface area (Å²) in [7, 11) is -2.88. The number of carbonyl (C=O) groups is 1. The minimum atomic E-state index is -2.88. The Balaban J connectivity index is 2.61. The number of carbonyl (C=O) groups excluding carboxylic acids is 1. The normalized spacial score (nSPS) is 11.6. The molecule has 0 bridgehead atoms. The van der Waals surface area contributed by atoms with Crippen LogP contribution in [0.3, 0.4) is 0 Å². The van der Waals surface area contributed by atoms with Gasteiger partial charge in [-0.2, -0.15) is 0 Å². The van der Waals surface area contributed by atoms with E-state index in [2.05, 4.69) is 5.32 Å². The van der Waals surface area contributed by atoms with Crippen LogP contribution in [0.5, 0.6) is 0 Å². The van der Waals surface area contributed by atoms with Crippen LogP contribution in [0.15, 0.2) is 0 Å². The monoisotopic (exact) mass is 486 g/mol. The number of urea groups is 1. The van der Waals surface area contributed by atoms with Crippen molar-refractivity contribution in [3.8, 4) is 0 Å². The molecule has 32 heavy (non-hydrogen) atoms. The molecular formula is C20H31F5N2O4Si. The van der Waals surface area contributed by atoms with Gasteiger partial charge in [-0.25, -0.2) is 26.7 Å². The Morgan fingerprint density at radius 1 is 0.750 bits per heavy atom. The maximum absolute atomic E-state index is 13.6. The summed E-state index contributed by atoms with van der Waals surface area (Å²) in [5.41, 5.74) is -1.40. The molecule has 0 spiro atoms. The molecule has 6 nitrogen and oxygen atoms in total. The molecule has 0 radical (unpaired) electrons. The third-order valence-corrected chi connectivity index (χ3v) is 7.12. The fraction of sp³-hybridized carbons (Fsp3) is 0.650. The van der Waals surface area contributed by atoms with Gasteiger partial charge in [-0.1, -0.05) is 20.8 Å². The van der Waals surface area contributed by atoms with E-state index in [9.17, 15) is 26.7 Å². The highest BCUT2D eigenvalue weighted by atomic mass is 28.4. The van der Waals surface area contributed by atoms with E-state index in [0.29, 0.717) is 38.7 Å². The van der Waals surface area contributed by atoms with Gasteiger partial charge in [0.05, 0.1) is 0 Å². The summed E-state index contributed by atoms with van der Waals surface area (Å²) in [5.74, 6) is -10.8. The van der Waals surface area contributed by atoms with Crippen molar-refractivity contribution in [1.82, 2.24) is 5.32 Å². The first-order valence-corrected chi connectivity index (χ1v) is 12.6. The Morgan fingerprint density at radius 2 is 1.19 bits per heavy atom. The Labute approximate surface area is 186 Å².